The lowest BCUT2D eigenvalue weighted by Crippen LogP contribution is -2.47. The van der Waals surface area contributed by atoms with Crippen LogP contribution in [0.25, 0.3) is 0 Å². The molecule has 2 aliphatic rings. The molecule has 2 N–H and O–H groups in total. The van der Waals surface area contributed by atoms with Crippen LogP contribution >= 0.6 is 0 Å². The summed E-state index contributed by atoms with van der Waals surface area (Å²) in [6, 6.07) is 0.414. The van der Waals surface area contributed by atoms with E-state index >= 15 is 0 Å². The van der Waals surface area contributed by atoms with Gasteiger partial charge in [0, 0.05) is 25.6 Å². The summed E-state index contributed by atoms with van der Waals surface area (Å²) >= 11 is 0. The summed E-state index contributed by atoms with van der Waals surface area (Å²) in [7, 11) is 0. The fourth-order valence-corrected chi connectivity index (χ4v) is 1.94. The first-order chi connectivity index (χ1) is 7.34. The van der Waals surface area contributed by atoms with E-state index in [2.05, 4.69) is 16.7 Å². The number of amides is 1. The van der Waals surface area contributed by atoms with Gasteiger partial charge in [0.15, 0.2) is 0 Å². The quantitative estimate of drug-likeness (QED) is 0.715. The van der Waals surface area contributed by atoms with Crippen LogP contribution in [-0.2, 0) is 9.53 Å². The average molecular weight is 210 g/mol. The lowest BCUT2D eigenvalue weighted by Gasteiger charge is -2.26. The molecule has 2 unspecified atom stereocenters. The van der Waals surface area contributed by atoms with Crippen LogP contribution < -0.4 is 10.6 Å². The zero-order valence-corrected chi connectivity index (χ0v) is 8.87. The number of carbonyl (C=O) groups is 1. The molecule has 0 saturated carbocycles. The smallest absolute Gasteiger partial charge is 0.220 e. The van der Waals surface area contributed by atoms with Crippen molar-refractivity contribution in [1.29, 1.82) is 0 Å². The molecule has 2 atom stereocenters. The minimum Gasteiger partial charge on any atom is -0.497 e. The van der Waals surface area contributed by atoms with Crippen molar-refractivity contribution in [3.63, 3.8) is 0 Å². The molecular weight excluding hydrogens is 192 g/mol. The molecule has 2 aliphatic heterocycles. The molecule has 0 aliphatic carbocycles. The maximum absolute atomic E-state index is 10.9. The molecule has 1 amide bonds. The number of nitrogens with one attached hydrogen (secondary N) is 2. The molecule has 84 valence electrons. The Labute approximate surface area is 90.1 Å². The molecule has 4 heteroatoms. The summed E-state index contributed by atoms with van der Waals surface area (Å²) in [6.07, 6.45) is 7.91. The van der Waals surface area contributed by atoms with Crippen molar-refractivity contribution in [2.75, 3.05) is 13.1 Å². The molecule has 4 nitrogen and oxygen atoms in total. The van der Waals surface area contributed by atoms with Gasteiger partial charge in [-0.05, 0) is 25.3 Å². The van der Waals surface area contributed by atoms with Gasteiger partial charge in [-0.3, -0.25) is 4.79 Å². The van der Waals surface area contributed by atoms with Crippen molar-refractivity contribution in [3.8, 4) is 0 Å². The second kappa shape index (κ2) is 5.16. The van der Waals surface area contributed by atoms with E-state index in [1.165, 1.54) is 0 Å². The first-order valence-electron chi connectivity index (χ1n) is 5.65. The lowest BCUT2D eigenvalue weighted by atomic mass is 10.1. The highest BCUT2D eigenvalue weighted by Crippen LogP contribution is 2.10. The van der Waals surface area contributed by atoms with Gasteiger partial charge in [0.25, 0.3) is 0 Å². The standard InChI is InChI=1S/C11H18N2O2/c14-11-5-4-9(7-13-11)12-8-10-3-1-2-6-15-10/h2,6,9-10,12H,1,3-5,7-8H2,(H,13,14). The van der Waals surface area contributed by atoms with E-state index in [1.807, 2.05) is 0 Å². The summed E-state index contributed by atoms with van der Waals surface area (Å²) in [5.41, 5.74) is 0. The Morgan fingerprint density at radius 3 is 3.13 bits per heavy atom. The molecule has 0 radical (unpaired) electrons. The Kier molecular flexibility index (Phi) is 3.61. The van der Waals surface area contributed by atoms with Gasteiger partial charge in [-0.15, -0.1) is 0 Å². The van der Waals surface area contributed by atoms with Gasteiger partial charge in [-0.1, -0.05) is 0 Å². The van der Waals surface area contributed by atoms with E-state index in [-0.39, 0.29) is 5.91 Å². The van der Waals surface area contributed by atoms with Crippen LogP contribution in [0.1, 0.15) is 25.7 Å². The third-order valence-corrected chi connectivity index (χ3v) is 2.92. The highest BCUT2D eigenvalue weighted by Gasteiger charge is 2.19. The van der Waals surface area contributed by atoms with Crippen molar-refractivity contribution in [1.82, 2.24) is 10.6 Å². The predicted molar refractivity (Wildman–Crippen MR) is 57.3 cm³/mol. The third-order valence-electron chi connectivity index (χ3n) is 2.92. The molecular formula is C11H18N2O2. The predicted octanol–water partition coefficient (Wildman–Crippen LogP) is 0.547. The van der Waals surface area contributed by atoms with Gasteiger partial charge < -0.3 is 15.4 Å². The van der Waals surface area contributed by atoms with Gasteiger partial charge in [0.2, 0.25) is 5.91 Å². The number of rotatable bonds is 3. The first kappa shape index (κ1) is 10.5. The summed E-state index contributed by atoms with van der Waals surface area (Å²) in [5.74, 6) is 0.171. The van der Waals surface area contributed by atoms with Crippen molar-refractivity contribution in [2.45, 2.75) is 37.8 Å². The Bertz CT molecular complexity index is 243. The molecule has 2 rings (SSSR count). The van der Waals surface area contributed by atoms with Crippen molar-refractivity contribution < 1.29 is 9.53 Å². The summed E-state index contributed by atoms with van der Waals surface area (Å²) in [4.78, 5) is 10.9. The summed E-state index contributed by atoms with van der Waals surface area (Å²) in [6.45, 7) is 1.63. The van der Waals surface area contributed by atoms with Gasteiger partial charge in [0.1, 0.15) is 6.10 Å². The number of hydrogen-bond acceptors (Lipinski definition) is 3. The maximum atomic E-state index is 10.9. The van der Waals surface area contributed by atoms with Crippen LogP contribution in [0.15, 0.2) is 12.3 Å². The molecule has 0 bridgehead atoms. The zero-order valence-electron chi connectivity index (χ0n) is 8.87. The van der Waals surface area contributed by atoms with Crippen molar-refractivity contribution in [2.24, 2.45) is 0 Å². The SMILES string of the molecule is O=C1CCC(NCC2CCC=CO2)CN1. The number of piperidine rings is 1. The highest BCUT2D eigenvalue weighted by atomic mass is 16.5. The number of ether oxygens (including phenoxy) is 1. The Hall–Kier alpha value is -1.03. The van der Waals surface area contributed by atoms with Gasteiger partial charge in [-0.2, -0.15) is 0 Å². The summed E-state index contributed by atoms with van der Waals surface area (Å²) < 4.78 is 5.46. The monoisotopic (exact) mass is 210 g/mol. The van der Waals surface area contributed by atoms with Gasteiger partial charge in [-0.25, -0.2) is 0 Å². The molecule has 1 fully saturated rings. The first-order valence-corrected chi connectivity index (χ1v) is 5.65. The van der Waals surface area contributed by atoms with Crippen LogP contribution in [0.5, 0.6) is 0 Å². The maximum Gasteiger partial charge on any atom is 0.220 e. The molecule has 0 aromatic carbocycles. The Morgan fingerprint density at radius 1 is 1.53 bits per heavy atom. The largest absolute Gasteiger partial charge is 0.497 e. The van der Waals surface area contributed by atoms with E-state index in [0.29, 0.717) is 18.6 Å². The van der Waals surface area contributed by atoms with Crippen LogP contribution in [-0.4, -0.2) is 31.1 Å². The zero-order chi connectivity index (χ0) is 10.5. The van der Waals surface area contributed by atoms with Crippen molar-refractivity contribution in [3.05, 3.63) is 12.3 Å². The van der Waals surface area contributed by atoms with Crippen LogP contribution in [0.4, 0.5) is 0 Å². The number of allylic oxidation sites excluding steroid dienone is 1. The molecule has 2 heterocycles. The van der Waals surface area contributed by atoms with Crippen LogP contribution in [0.3, 0.4) is 0 Å². The minimum atomic E-state index is 0.171. The van der Waals surface area contributed by atoms with Crippen LogP contribution in [0, 0.1) is 0 Å². The third kappa shape index (κ3) is 3.23. The van der Waals surface area contributed by atoms with E-state index < -0.39 is 0 Å². The Balaban J connectivity index is 1.65. The molecule has 0 aromatic rings. The lowest BCUT2D eigenvalue weighted by molar-refractivity contribution is -0.122. The van der Waals surface area contributed by atoms with Gasteiger partial charge >= 0.3 is 0 Å². The van der Waals surface area contributed by atoms with E-state index in [4.69, 9.17) is 4.74 Å². The second-order valence-corrected chi connectivity index (χ2v) is 4.16. The summed E-state index contributed by atoms with van der Waals surface area (Å²) in [5, 5.41) is 6.30. The molecule has 0 aromatic heterocycles. The molecule has 1 saturated heterocycles. The second-order valence-electron chi connectivity index (χ2n) is 4.16. The van der Waals surface area contributed by atoms with E-state index in [1.54, 1.807) is 6.26 Å². The van der Waals surface area contributed by atoms with Gasteiger partial charge in [0.05, 0.1) is 6.26 Å². The normalized spacial score (nSPS) is 30.8. The number of carbonyl (C=O) groups excluding carboxylic acids is 1. The molecule has 0 spiro atoms. The Morgan fingerprint density at radius 2 is 2.47 bits per heavy atom. The number of hydrogen-bond donors (Lipinski definition) is 2. The van der Waals surface area contributed by atoms with E-state index in [9.17, 15) is 4.79 Å². The highest BCUT2D eigenvalue weighted by molar-refractivity contribution is 5.76. The topological polar surface area (TPSA) is 50.4 Å². The van der Waals surface area contributed by atoms with Crippen LogP contribution in [0.2, 0.25) is 0 Å². The fraction of sp³-hybridized carbons (Fsp3) is 0.727. The fourth-order valence-electron chi connectivity index (χ4n) is 1.94. The van der Waals surface area contributed by atoms with Crippen molar-refractivity contribution >= 4 is 5.91 Å². The van der Waals surface area contributed by atoms with E-state index in [0.717, 1.165) is 32.4 Å². The average Bonchev–Trinajstić information content (AvgIpc) is 2.30. The molecule has 15 heavy (non-hydrogen) atoms. The minimum absolute atomic E-state index is 0.171.